The Labute approximate surface area is 150 Å². The molecule has 1 atom stereocenters. The van der Waals surface area contributed by atoms with Crippen molar-refractivity contribution in [2.45, 2.75) is 19.8 Å². The Kier molecular flexibility index (Phi) is 4.86. The molecule has 128 valence electrons. The number of rotatable bonds is 4. The van der Waals surface area contributed by atoms with Gasteiger partial charge in [0.2, 0.25) is 17.7 Å². The Balaban J connectivity index is 1.79. The van der Waals surface area contributed by atoms with Crippen molar-refractivity contribution >= 4 is 40.7 Å². The zero-order chi connectivity index (χ0) is 18.0. The number of carbonyl (C=O) groups is 3. The molecule has 1 N–H and O–H groups in total. The lowest BCUT2D eigenvalue weighted by Gasteiger charge is -2.16. The first kappa shape index (κ1) is 17.2. The Morgan fingerprint density at radius 2 is 1.92 bits per heavy atom. The smallest absolute Gasteiger partial charge is 0.237 e. The number of hydrogen-bond acceptors (Lipinski definition) is 3. The first-order chi connectivity index (χ1) is 11.9. The lowest BCUT2D eigenvalue weighted by atomic mass is 9.98. The lowest BCUT2D eigenvalue weighted by molar-refractivity contribution is -0.122. The van der Waals surface area contributed by atoms with Crippen LogP contribution in [-0.4, -0.2) is 17.7 Å². The SMILES string of the molecule is CC(=O)Nc1cccc(N2C(=O)CC(Cc3ccc(Cl)cc3)C2=O)c1. The highest BCUT2D eigenvalue weighted by Crippen LogP contribution is 2.30. The minimum atomic E-state index is -0.391. The Morgan fingerprint density at radius 1 is 1.20 bits per heavy atom. The second-order valence-electron chi connectivity index (χ2n) is 6.03. The minimum absolute atomic E-state index is 0.172. The van der Waals surface area contributed by atoms with Gasteiger partial charge in [0, 0.05) is 24.1 Å². The van der Waals surface area contributed by atoms with Gasteiger partial charge in [0.1, 0.15) is 0 Å². The Bertz CT molecular complexity index is 833. The van der Waals surface area contributed by atoms with E-state index in [0.717, 1.165) is 5.56 Å². The van der Waals surface area contributed by atoms with Crippen LogP contribution in [0, 0.1) is 5.92 Å². The second-order valence-corrected chi connectivity index (χ2v) is 6.47. The fourth-order valence-corrected chi connectivity index (χ4v) is 3.08. The maximum absolute atomic E-state index is 12.7. The molecule has 0 bridgehead atoms. The normalized spacial score (nSPS) is 17.0. The summed E-state index contributed by atoms with van der Waals surface area (Å²) >= 11 is 5.87. The molecule has 3 rings (SSSR count). The monoisotopic (exact) mass is 356 g/mol. The molecule has 25 heavy (non-hydrogen) atoms. The van der Waals surface area contributed by atoms with E-state index in [9.17, 15) is 14.4 Å². The van der Waals surface area contributed by atoms with E-state index >= 15 is 0 Å². The number of nitrogens with zero attached hydrogens (tertiary/aromatic N) is 1. The second kappa shape index (κ2) is 7.07. The van der Waals surface area contributed by atoms with Gasteiger partial charge in [-0.3, -0.25) is 19.3 Å². The van der Waals surface area contributed by atoms with Crippen molar-refractivity contribution in [2.24, 2.45) is 5.92 Å². The van der Waals surface area contributed by atoms with Crippen molar-refractivity contribution in [3.8, 4) is 0 Å². The largest absolute Gasteiger partial charge is 0.326 e. The number of benzene rings is 2. The molecule has 3 amide bonds. The van der Waals surface area contributed by atoms with Gasteiger partial charge in [-0.1, -0.05) is 29.8 Å². The summed E-state index contributed by atoms with van der Waals surface area (Å²) in [5, 5.41) is 3.29. The first-order valence-electron chi connectivity index (χ1n) is 7.93. The minimum Gasteiger partial charge on any atom is -0.326 e. The molecule has 1 unspecified atom stereocenters. The number of halogens is 1. The first-order valence-corrected chi connectivity index (χ1v) is 8.31. The predicted octanol–water partition coefficient (Wildman–Crippen LogP) is 3.42. The van der Waals surface area contributed by atoms with Crippen LogP contribution in [0.1, 0.15) is 18.9 Å². The summed E-state index contributed by atoms with van der Waals surface area (Å²) < 4.78 is 0. The van der Waals surface area contributed by atoms with Crippen LogP contribution in [0.15, 0.2) is 48.5 Å². The van der Waals surface area contributed by atoms with Crippen molar-refractivity contribution in [1.82, 2.24) is 0 Å². The number of carbonyl (C=O) groups excluding carboxylic acids is 3. The molecule has 5 nitrogen and oxygen atoms in total. The molecular weight excluding hydrogens is 340 g/mol. The van der Waals surface area contributed by atoms with Crippen LogP contribution in [0.25, 0.3) is 0 Å². The summed E-state index contributed by atoms with van der Waals surface area (Å²) in [6.45, 7) is 1.40. The van der Waals surface area contributed by atoms with E-state index in [1.54, 1.807) is 36.4 Å². The summed E-state index contributed by atoms with van der Waals surface area (Å²) in [5.41, 5.74) is 1.98. The van der Waals surface area contributed by atoms with Crippen molar-refractivity contribution < 1.29 is 14.4 Å². The van der Waals surface area contributed by atoms with Crippen LogP contribution in [0.4, 0.5) is 11.4 Å². The standard InChI is InChI=1S/C19H17ClN2O3/c1-12(23)21-16-3-2-4-17(11-16)22-18(24)10-14(19(22)25)9-13-5-7-15(20)8-6-13/h2-8,11,14H,9-10H2,1H3,(H,21,23). The molecule has 1 aliphatic heterocycles. The number of anilines is 2. The van der Waals surface area contributed by atoms with Gasteiger partial charge in [-0.15, -0.1) is 0 Å². The van der Waals surface area contributed by atoms with Crippen molar-refractivity contribution in [2.75, 3.05) is 10.2 Å². The molecule has 0 radical (unpaired) electrons. The van der Waals surface area contributed by atoms with Gasteiger partial charge in [0.25, 0.3) is 0 Å². The zero-order valence-electron chi connectivity index (χ0n) is 13.7. The summed E-state index contributed by atoms with van der Waals surface area (Å²) in [6.07, 6.45) is 0.662. The third kappa shape index (κ3) is 3.88. The van der Waals surface area contributed by atoms with E-state index in [1.807, 2.05) is 12.1 Å². The number of nitrogens with one attached hydrogen (secondary N) is 1. The molecule has 6 heteroatoms. The topological polar surface area (TPSA) is 66.5 Å². The van der Waals surface area contributed by atoms with Crippen LogP contribution < -0.4 is 10.2 Å². The number of hydrogen-bond donors (Lipinski definition) is 1. The van der Waals surface area contributed by atoms with Gasteiger partial charge in [-0.2, -0.15) is 0 Å². The lowest BCUT2D eigenvalue weighted by Crippen LogP contribution is -2.30. The van der Waals surface area contributed by atoms with Gasteiger partial charge in [-0.25, -0.2) is 0 Å². The number of amides is 3. The third-order valence-electron chi connectivity index (χ3n) is 4.06. The summed E-state index contributed by atoms with van der Waals surface area (Å²) in [7, 11) is 0. The molecule has 0 saturated carbocycles. The van der Waals surface area contributed by atoms with Crippen LogP contribution >= 0.6 is 11.6 Å². The van der Waals surface area contributed by atoms with E-state index in [4.69, 9.17) is 11.6 Å². The van der Waals surface area contributed by atoms with E-state index in [-0.39, 0.29) is 24.1 Å². The van der Waals surface area contributed by atoms with Crippen LogP contribution in [0.5, 0.6) is 0 Å². The summed E-state index contributed by atoms with van der Waals surface area (Å²) in [5.74, 6) is -1.06. The van der Waals surface area contributed by atoms with Gasteiger partial charge in [0.05, 0.1) is 11.6 Å². The predicted molar refractivity (Wildman–Crippen MR) is 96.5 cm³/mol. The van der Waals surface area contributed by atoms with Gasteiger partial charge >= 0.3 is 0 Å². The van der Waals surface area contributed by atoms with E-state index in [0.29, 0.717) is 22.8 Å². The fourth-order valence-electron chi connectivity index (χ4n) is 2.96. The molecule has 2 aromatic carbocycles. The molecule has 0 aromatic heterocycles. The highest BCUT2D eigenvalue weighted by molar-refractivity contribution is 6.30. The highest BCUT2D eigenvalue weighted by atomic mass is 35.5. The Morgan fingerprint density at radius 3 is 2.60 bits per heavy atom. The van der Waals surface area contributed by atoms with E-state index in [1.165, 1.54) is 11.8 Å². The van der Waals surface area contributed by atoms with Crippen LogP contribution in [0.2, 0.25) is 5.02 Å². The van der Waals surface area contributed by atoms with Crippen molar-refractivity contribution in [3.05, 3.63) is 59.1 Å². The quantitative estimate of drug-likeness (QED) is 0.853. The number of imide groups is 1. The van der Waals surface area contributed by atoms with Gasteiger partial charge < -0.3 is 5.32 Å². The summed E-state index contributed by atoms with van der Waals surface area (Å²) in [6, 6.07) is 14.0. The molecule has 1 heterocycles. The molecule has 0 aliphatic carbocycles. The van der Waals surface area contributed by atoms with Gasteiger partial charge in [0.15, 0.2) is 0 Å². The average molecular weight is 357 g/mol. The molecule has 1 saturated heterocycles. The van der Waals surface area contributed by atoms with Gasteiger partial charge in [-0.05, 0) is 42.3 Å². The zero-order valence-corrected chi connectivity index (χ0v) is 14.4. The van der Waals surface area contributed by atoms with Crippen molar-refractivity contribution in [3.63, 3.8) is 0 Å². The fraction of sp³-hybridized carbons (Fsp3) is 0.211. The Hall–Kier alpha value is -2.66. The molecular formula is C19H17ClN2O3. The van der Waals surface area contributed by atoms with Crippen molar-refractivity contribution in [1.29, 1.82) is 0 Å². The summed E-state index contributed by atoms with van der Waals surface area (Å²) in [4.78, 5) is 37.5. The molecule has 1 aliphatic rings. The highest BCUT2D eigenvalue weighted by Gasteiger charge is 2.39. The third-order valence-corrected chi connectivity index (χ3v) is 4.31. The van der Waals surface area contributed by atoms with E-state index in [2.05, 4.69) is 5.32 Å². The van der Waals surface area contributed by atoms with E-state index < -0.39 is 5.92 Å². The average Bonchev–Trinajstić information content (AvgIpc) is 2.83. The molecule has 2 aromatic rings. The van der Waals surface area contributed by atoms with Crippen LogP contribution in [-0.2, 0) is 20.8 Å². The maximum Gasteiger partial charge on any atom is 0.237 e. The molecule has 1 fully saturated rings. The molecule has 0 spiro atoms. The van der Waals surface area contributed by atoms with Crippen LogP contribution in [0.3, 0.4) is 0 Å². The maximum atomic E-state index is 12.7.